The molecule has 0 aliphatic rings. The van der Waals surface area contributed by atoms with E-state index in [-0.39, 0.29) is 5.91 Å². The molecule has 0 bridgehead atoms. The van der Waals surface area contributed by atoms with Gasteiger partial charge >= 0.3 is 0 Å². The maximum atomic E-state index is 12.2. The molecule has 7 heteroatoms. The maximum absolute atomic E-state index is 12.2. The van der Waals surface area contributed by atoms with E-state index in [1.54, 1.807) is 16.9 Å². The molecule has 0 unspecified atom stereocenters. The molecule has 120 valence electrons. The highest BCUT2D eigenvalue weighted by molar-refractivity contribution is 7.14. The monoisotopic (exact) mass is 338 g/mol. The zero-order valence-corrected chi connectivity index (χ0v) is 13.7. The van der Waals surface area contributed by atoms with Crippen LogP contribution >= 0.6 is 11.3 Å². The number of furan rings is 1. The maximum Gasteiger partial charge on any atom is 0.277 e. The second-order valence-electron chi connectivity index (χ2n) is 5.20. The van der Waals surface area contributed by atoms with E-state index in [2.05, 4.69) is 15.4 Å². The smallest absolute Gasteiger partial charge is 0.277 e. The predicted octanol–water partition coefficient (Wildman–Crippen LogP) is 4.03. The predicted molar refractivity (Wildman–Crippen MR) is 93.2 cm³/mol. The summed E-state index contributed by atoms with van der Waals surface area (Å²) in [5.74, 6) is 0.413. The molecule has 4 aromatic rings. The van der Waals surface area contributed by atoms with Crippen molar-refractivity contribution < 1.29 is 9.21 Å². The van der Waals surface area contributed by atoms with E-state index in [0.29, 0.717) is 22.3 Å². The van der Waals surface area contributed by atoms with Gasteiger partial charge in [-0.05, 0) is 25.1 Å². The van der Waals surface area contributed by atoms with Crippen molar-refractivity contribution in [3.8, 4) is 11.5 Å². The Hall–Kier alpha value is -2.93. The SMILES string of the molecule is CCn1ccc(C(=O)Nc2nc(-c3cc4ccccc4o3)cs2)n1. The Bertz CT molecular complexity index is 981. The third-order valence-corrected chi connectivity index (χ3v) is 4.36. The van der Waals surface area contributed by atoms with Gasteiger partial charge in [0.1, 0.15) is 11.3 Å². The number of fused-ring (bicyclic) bond motifs is 1. The summed E-state index contributed by atoms with van der Waals surface area (Å²) >= 11 is 1.35. The lowest BCUT2D eigenvalue weighted by atomic mass is 10.2. The number of para-hydroxylation sites is 1. The largest absolute Gasteiger partial charge is 0.454 e. The standard InChI is InChI=1S/C17H14N4O2S/c1-2-21-8-7-12(20-21)16(22)19-17-18-13(10-24-17)15-9-11-5-3-4-6-14(11)23-15/h3-10H,2H2,1H3,(H,18,19,22). The van der Waals surface area contributed by atoms with Crippen LogP contribution in [0.3, 0.4) is 0 Å². The lowest BCUT2D eigenvalue weighted by Crippen LogP contribution is -2.13. The number of hydrogen-bond acceptors (Lipinski definition) is 5. The van der Waals surface area contributed by atoms with Crippen LogP contribution in [-0.4, -0.2) is 20.7 Å². The quantitative estimate of drug-likeness (QED) is 0.610. The summed E-state index contributed by atoms with van der Waals surface area (Å²) < 4.78 is 7.50. The van der Waals surface area contributed by atoms with Crippen LogP contribution in [0.25, 0.3) is 22.4 Å². The number of amides is 1. The highest BCUT2D eigenvalue weighted by Gasteiger charge is 2.14. The Balaban J connectivity index is 1.55. The van der Waals surface area contributed by atoms with Gasteiger partial charge in [0, 0.05) is 23.5 Å². The summed E-state index contributed by atoms with van der Waals surface area (Å²) in [6.45, 7) is 2.69. The first kappa shape index (κ1) is 14.6. The first-order valence-corrected chi connectivity index (χ1v) is 8.40. The fraction of sp³-hybridized carbons (Fsp3) is 0.118. The molecule has 0 saturated carbocycles. The minimum atomic E-state index is -0.271. The zero-order valence-electron chi connectivity index (χ0n) is 12.9. The summed E-state index contributed by atoms with van der Waals surface area (Å²) in [6, 6.07) is 11.4. The van der Waals surface area contributed by atoms with Crippen LogP contribution in [0.1, 0.15) is 17.4 Å². The first-order chi connectivity index (χ1) is 11.7. The molecular weight excluding hydrogens is 324 g/mol. The van der Waals surface area contributed by atoms with Gasteiger partial charge in [-0.3, -0.25) is 14.8 Å². The van der Waals surface area contributed by atoms with Gasteiger partial charge in [-0.25, -0.2) is 4.98 Å². The molecule has 1 amide bonds. The lowest BCUT2D eigenvalue weighted by molar-refractivity contribution is 0.102. The Kier molecular flexibility index (Phi) is 3.62. The third kappa shape index (κ3) is 2.69. The Morgan fingerprint density at radius 1 is 1.33 bits per heavy atom. The summed E-state index contributed by atoms with van der Waals surface area (Å²) in [5.41, 5.74) is 1.89. The van der Waals surface area contributed by atoms with E-state index in [0.717, 1.165) is 17.5 Å². The summed E-state index contributed by atoms with van der Waals surface area (Å²) in [6.07, 6.45) is 1.77. The van der Waals surface area contributed by atoms with Crippen LogP contribution in [-0.2, 0) is 6.54 Å². The van der Waals surface area contributed by atoms with Crippen LogP contribution in [0.15, 0.2) is 52.4 Å². The number of rotatable bonds is 4. The number of carbonyl (C=O) groups is 1. The topological polar surface area (TPSA) is 73.0 Å². The normalized spacial score (nSPS) is 11.0. The van der Waals surface area contributed by atoms with Crippen molar-refractivity contribution in [2.24, 2.45) is 0 Å². The van der Waals surface area contributed by atoms with Crippen LogP contribution in [0.4, 0.5) is 5.13 Å². The minimum absolute atomic E-state index is 0.271. The van der Waals surface area contributed by atoms with E-state index in [1.165, 1.54) is 11.3 Å². The van der Waals surface area contributed by atoms with Gasteiger partial charge in [0.2, 0.25) is 0 Å². The van der Waals surface area contributed by atoms with E-state index < -0.39 is 0 Å². The number of anilines is 1. The average Bonchev–Trinajstić information content (AvgIpc) is 3.32. The highest BCUT2D eigenvalue weighted by atomic mass is 32.1. The van der Waals surface area contributed by atoms with Gasteiger partial charge in [-0.1, -0.05) is 18.2 Å². The second kappa shape index (κ2) is 5.93. The minimum Gasteiger partial charge on any atom is -0.454 e. The first-order valence-electron chi connectivity index (χ1n) is 7.52. The summed E-state index contributed by atoms with van der Waals surface area (Å²) in [5, 5.41) is 10.4. The molecule has 0 aliphatic heterocycles. The molecule has 0 atom stereocenters. The lowest BCUT2D eigenvalue weighted by Gasteiger charge is -1.97. The van der Waals surface area contributed by atoms with Crippen LogP contribution in [0, 0.1) is 0 Å². The van der Waals surface area contributed by atoms with E-state index >= 15 is 0 Å². The van der Waals surface area contributed by atoms with Crippen molar-refractivity contribution in [2.45, 2.75) is 13.5 Å². The Labute approximate surface area is 141 Å². The number of benzene rings is 1. The van der Waals surface area contributed by atoms with Crippen molar-refractivity contribution >= 4 is 33.3 Å². The molecule has 0 radical (unpaired) electrons. The van der Waals surface area contributed by atoms with Gasteiger partial charge in [-0.15, -0.1) is 11.3 Å². The van der Waals surface area contributed by atoms with E-state index in [9.17, 15) is 4.79 Å². The molecular formula is C17H14N4O2S. The van der Waals surface area contributed by atoms with Gasteiger partial charge in [-0.2, -0.15) is 5.10 Å². The molecule has 4 rings (SSSR count). The van der Waals surface area contributed by atoms with Crippen molar-refractivity contribution in [3.63, 3.8) is 0 Å². The number of carbonyl (C=O) groups excluding carboxylic acids is 1. The molecule has 3 heterocycles. The summed E-state index contributed by atoms with van der Waals surface area (Å²) in [4.78, 5) is 16.6. The Morgan fingerprint density at radius 3 is 3.00 bits per heavy atom. The second-order valence-corrected chi connectivity index (χ2v) is 6.06. The molecule has 0 spiro atoms. The number of nitrogens with zero attached hydrogens (tertiary/aromatic N) is 3. The van der Waals surface area contributed by atoms with E-state index in [1.807, 2.05) is 42.6 Å². The molecule has 0 aliphatic carbocycles. The van der Waals surface area contributed by atoms with Crippen molar-refractivity contribution in [3.05, 3.63) is 53.7 Å². The van der Waals surface area contributed by atoms with Gasteiger partial charge in [0.25, 0.3) is 5.91 Å². The van der Waals surface area contributed by atoms with Crippen LogP contribution in [0.2, 0.25) is 0 Å². The molecule has 1 N–H and O–H groups in total. The Morgan fingerprint density at radius 2 is 2.21 bits per heavy atom. The average molecular weight is 338 g/mol. The van der Waals surface area contributed by atoms with Crippen molar-refractivity contribution in [1.82, 2.24) is 14.8 Å². The van der Waals surface area contributed by atoms with E-state index in [4.69, 9.17) is 4.42 Å². The molecule has 0 fully saturated rings. The zero-order chi connectivity index (χ0) is 16.5. The van der Waals surface area contributed by atoms with Crippen molar-refractivity contribution in [2.75, 3.05) is 5.32 Å². The number of aromatic nitrogens is 3. The van der Waals surface area contributed by atoms with Gasteiger partial charge in [0.15, 0.2) is 16.6 Å². The van der Waals surface area contributed by atoms with Gasteiger partial charge in [0.05, 0.1) is 0 Å². The fourth-order valence-corrected chi connectivity index (χ4v) is 3.07. The summed E-state index contributed by atoms with van der Waals surface area (Å²) in [7, 11) is 0. The number of aryl methyl sites for hydroxylation is 1. The van der Waals surface area contributed by atoms with Crippen molar-refractivity contribution in [1.29, 1.82) is 0 Å². The highest BCUT2D eigenvalue weighted by Crippen LogP contribution is 2.30. The van der Waals surface area contributed by atoms with Crippen LogP contribution < -0.4 is 5.32 Å². The number of hydrogen-bond donors (Lipinski definition) is 1. The third-order valence-electron chi connectivity index (χ3n) is 3.60. The number of thiazole rings is 1. The number of nitrogens with one attached hydrogen (secondary N) is 1. The molecule has 24 heavy (non-hydrogen) atoms. The molecule has 3 aromatic heterocycles. The van der Waals surface area contributed by atoms with Gasteiger partial charge < -0.3 is 4.42 Å². The fourth-order valence-electron chi connectivity index (χ4n) is 2.37. The molecule has 6 nitrogen and oxygen atoms in total. The van der Waals surface area contributed by atoms with Crippen LogP contribution in [0.5, 0.6) is 0 Å². The molecule has 1 aromatic carbocycles. The molecule has 0 saturated heterocycles.